The molecule has 22 heavy (non-hydrogen) atoms. The fourth-order valence-electron chi connectivity index (χ4n) is 2.89. The van der Waals surface area contributed by atoms with Crippen LogP contribution in [-0.4, -0.2) is 25.0 Å². The first-order chi connectivity index (χ1) is 10.1. The Balaban J connectivity index is 0.00000176. The number of furan rings is 1. The van der Waals surface area contributed by atoms with Gasteiger partial charge in [0.05, 0.1) is 12.7 Å². The summed E-state index contributed by atoms with van der Waals surface area (Å²) in [5, 5.41) is 7.48. The number of amides is 1. The smallest absolute Gasteiger partial charge is 0.224 e. The van der Waals surface area contributed by atoms with Crippen LogP contribution in [0, 0.1) is 13.8 Å². The van der Waals surface area contributed by atoms with Gasteiger partial charge in [-0.1, -0.05) is 0 Å². The summed E-state index contributed by atoms with van der Waals surface area (Å²) >= 11 is 0. The van der Waals surface area contributed by atoms with Crippen LogP contribution >= 0.6 is 12.4 Å². The molecule has 1 aromatic heterocycles. The third-order valence-electron chi connectivity index (χ3n) is 4.33. The van der Waals surface area contributed by atoms with Crippen molar-refractivity contribution in [2.75, 3.05) is 13.1 Å². The molecule has 3 rings (SSSR count). The summed E-state index contributed by atoms with van der Waals surface area (Å²) in [5.74, 6) is 0.0860. The molecule has 0 bridgehead atoms. The van der Waals surface area contributed by atoms with Gasteiger partial charge in [-0.25, -0.2) is 0 Å². The molecule has 0 aliphatic carbocycles. The topological polar surface area (TPSA) is 54.3 Å². The highest BCUT2D eigenvalue weighted by molar-refractivity contribution is 5.88. The Morgan fingerprint density at radius 1 is 1.27 bits per heavy atom. The van der Waals surface area contributed by atoms with Gasteiger partial charge >= 0.3 is 0 Å². The average Bonchev–Trinajstić information content (AvgIpc) is 2.83. The second kappa shape index (κ2) is 7.16. The van der Waals surface area contributed by atoms with Crippen molar-refractivity contribution in [2.24, 2.45) is 0 Å². The molecule has 5 heteroatoms. The fourth-order valence-corrected chi connectivity index (χ4v) is 2.89. The maximum Gasteiger partial charge on any atom is 0.224 e. The van der Waals surface area contributed by atoms with E-state index in [-0.39, 0.29) is 18.3 Å². The third-order valence-corrected chi connectivity index (χ3v) is 4.33. The van der Waals surface area contributed by atoms with Crippen molar-refractivity contribution in [3.63, 3.8) is 0 Å². The van der Waals surface area contributed by atoms with Crippen LogP contribution in [0.5, 0.6) is 0 Å². The Kier molecular flexibility index (Phi) is 5.48. The Hall–Kier alpha value is -1.52. The summed E-state index contributed by atoms with van der Waals surface area (Å²) in [6, 6.07) is 4.46. The molecule has 1 saturated heterocycles. The highest BCUT2D eigenvalue weighted by atomic mass is 35.5. The molecule has 1 aliphatic heterocycles. The standard InChI is InChI=1S/C17H22N2O2.ClH/c1-11-7-15-13(10-21-16(15)8-12(11)2)9-17(20)19-14-3-5-18-6-4-14;/h7-8,10,14,18H,3-6,9H2,1-2H3,(H,19,20);1H. The molecule has 120 valence electrons. The second-order valence-corrected chi connectivity index (χ2v) is 5.96. The van der Waals surface area contributed by atoms with Crippen molar-refractivity contribution in [2.45, 2.75) is 39.2 Å². The van der Waals surface area contributed by atoms with Crippen molar-refractivity contribution in [1.82, 2.24) is 10.6 Å². The first-order valence-electron chi connectivity index (χ1n) is 7.61. The molecular weight excluding hydrogens is 300 g/mol. The van der Waals surface area contributed by atoms with E-state index in [4.69, 9.17) is 4.42 Å². The van der Waals surface area contributed by atoms with Crippen molar-refractivity contribution in [1.29, 1.82) is 0 Å². The van der Waals surface area contributed by atoms with E-state index in [9.17, 15) is 4.79 Å². The first kappa shape index (κ1) is 16.8. The second-order valence-electron chi connectivity index (χ2n) is 5.96. The monoisotopic (exact) mass is 322 g/mol. The number of aryl methyl sites for hydroxylation is 2. The lowest BCUT2D eigenvalue weighted by Gasteiger charge is -2.23. The van der Waals surface area contributed by atoms with Crippen molar-refractivity contribution in [3.05, 3.63) is 35.1 Å². The van der Waals surface area contributed by atoms with Crippen molar-refractivity contribution < 1.29 is 9.21 Å². The highest BCUT2D eigenvalue weighted by Gasteiger charge is 2.17. The van der Waals surface area contributed by atoms with Gasteiger partial charge in [0.2, 0.25) is 5.91 Å². The minimum atomic E-state index is 0. The number of halogens is 1. The van der Waals surface area contributed by atoms with E-state index < -0.39 is 0 Å². The Morgan fingerprint density at radius 3 is 2.68 bits per heavy atom. The van der Waals surface area contributed by atoms with Crippen LogP contribution in [0.4, 0.5) is 0 Å². The summed E-state index contributed by atoms with van der Waals surface area (Å²) in [5.41, 5.74) is 4.27. The summed E-state index contributed by atoms with van der Waals surface area (Å²) in [4.78, 5) is 12.2. The molecule has 1 amide bonds. The van der Waals surface area contributed by atoms with Crippen molar-refractivity contribution in [3.8, 4) is 0 Å². The number of carbonyl (C=O) groups is 1. The molecule has 4 nitrogen and oxygen atoms in total. The molecule has 0 saturated carbocycles. The molecule has 0 spiro atoms. The quantitative estimate of drug-likeness (QED) is 0.913. The van der Waals surface area contributed by atoms with Crippen LogP contribution in [0.3, 0.4) is 0 Å². The summed E-state index contributed by atoms with van der Waals surface area (Å²) in [6.45, 7) is 6.12. The largest absolute Gasteiger partial charge is 0.464 e. The predicted octanol–water partition coefficient (Wildman–Crippen LogP) is 2.88. The van der Waals surface area contributed by atoms with Crippen LogP contribution in [0.15, 0.2) is 22.8 Å². The zero-order valence-electron chi connectivity index (χ0n) is 13.1. The summed E-state index contributed by atoms with van der Waals surface area (Å²) < 4.78 is 5.59. The lowest BCUT2D eigenvalue weighted by atomic mass is 10.0. The molecule has 1 aliphatic rings. The Labute approximate surface area is 137 Å². The number of piperidine rings is 1. The molecule has 2 aromatic rings. The number of hydrogen-bond donors (Lipinski definition) is 2. The molecule has 1 aromatic carbocycles. The number of carbonyl (C=O) groups excluding carboxylic acids is 1. The Bertz CT molecular complexity index is 660. The molecule has 0 unspecified atom stereocenters. The predicted molar refractivity (Wildman–Crippen MR) is 90.7 cm³/mol. The van der Waals surface area contributed by atoms with E-state index in [2.05, 4.69) is 30.5 Å². The molecule has 0 radical (unpaired) electrons. The van der Waals surface area contributed by atoms with Gasteiger partial charge in [-0.2, -0.15) is 0 Å². The number of rotatable bonds is 3. The van der Waals surface area contributed by atoms with E-state index in [0.717, 1.165) is 42.5 Å². The third kappa shape index (κ3) is 3.62. The van der Waals surface area contributed by atoms with Gasteiger partial charge < -0.3 is 15.1 Å². The fraction of sp³-hybridized carbons (Fsp3) is 0.471. The van der Waals surface area contributed by atoms with E-state index >= 15 is 0 Å². The Morgan fingerprint density at radius 2 is 1.95 bits per heavy atom. The number of nitrogens with one attached hydrogen (secondary N) is 2. The molecular formula is C17H23ClN2O2. The van der Waals surface area contributed by atoms with Crippen LogP contribution in [0.2, 0.25) is 0 Å². The summed E-state index contributed by atoms with van der Waals surface area (Å²) in [6.07, 6.45) is 4.12. The number of fused-ring (bicyclic) bond motifs is 1. The van der Waals surface area contributed by atoms with E-state index in [0.29, 0.717) is 12.5 Å². The van der Waals surface area contributed by atoms with Gasteiger partial charge in [-0.05, 0) is 63.0 Å². The van der Waals surface area contributed by atoms with Gasteiger partial charge in [-0.3, -0.25) is 4.79 Å². The van der Waals surface area contributed by atoms with E-state index in [1.165, 1.54) is 11.1 Å². The SMILES string of the molecule is Cc1cc2occ(CC(=O)NC3CCNCC3)c2cc1C.Cl. The maximum absolute atomic E-state index is 12.2. The number of benzene rings is 1. The minimum Gasteiger partial charge on any atom is -0.464 e. The van der Waals surface area contributed by atoms with E-state index in [1.54, 1.807) is 6.26 Å². The first-order valence-corrected chi connectivity index (χ1v) is 7.61. The lowest BCUT2D eigenvalue weighted by molar-refractivity contribution is -0.121. The normalized spacial score (nSPS) is 15.5. The van der Waals surface area contributed by atoms with E-state index in [1.807, 2.05) is 6.07 Å². The van der Waals surface area contributed by atoms with Gasteiger partial charge in [0.1, 0.15) is 5.58 Å². The molecule has 2 N–H and O–H groups in total. The van der Waals surface area contributed by atoms with Crippen molar-refractivity contribution >= 4 is 29.3 Å². The van der Waals surface area contributed by atoms with Crippen LogP contribution < -0.4 is 10.6 Å². The molecule has 0 atom stereocenters. The average molecular weight is 323 g/mol. The van der Waals surface area contributed by atoms with Gasteiger partial charge in [-0.15, -0.1) is 12.4 Å². The van der Waals surface area contributed by atoms with Crippen LogP contribution in [0.25, 0.3) is 11.0 Å². The molecule has 1 fully saturated rings. The van der Waals surface area contributed by atoms with Gasteiger partial charge in [0.25, 0.3) is 0 Å². The van der Waals surface area contributed by atoms with Gasteiger partial charge in [0.15, 0.2) is 0 Å². The zero-order chi connectivity index (χ0) is 14.8. The zero-order valence-corrected chi connectivity index (χ0v) is 13.9. The number of hydrogen-bond acceptors (Lipinski definition) is 3. The minimum absolute atomic E-state index is 0. The van der Waals surface area contributed by atoms with Crippen LogP contribution in [0.1, 0.15) is 29.5 Å². The van der Waals surface area contributed by atoms with Gasteiger partial charge in [0, 0.05) is 17.0 Å². The highest BCUT2D eigenvalue weighted by Crippen LogP contribution is 2.25. The maximum atomic E-state index is 12.2. The summed E-state index contributed by atoms with van der Waals surface area (Å²) in [7, 11) is 0. The molecule has 2 heterocycles. The van der Waals surface area contributed by atoms with Crippen LogP contribution in [-0.2, 0) is 11.2 Å². The lowest BCUT2D eigenvalue weighted by Crippen LogP contribution is -2.43.